The van der Waals surface area contributed by atoms with Crippen molar-refractivity contribution < 1.29 is 77.9 Å². The van der Waals surface area contributed by atoms with Gasteiger partial charge in [-0.25, -0.2) is 0 Å². The molecule has 0 radical (unpaired) electrons. The first kappa shape index (κ1) is 65.4. The van der Waals surface area contributed by atoms with Gasteiger partial charge < -0.3 is 52.7 Å². The molecule has 0 fully saturated rings. The Morgan fingerprint density at radius 1 is 0.308 bits per heavy atom. The topological polar surface area (TPSA) is 109 Å². The van der Waals surface area contributed by atoms with E-state index in [-0.39, 0.29) is 0 Å². The van der Waals surface area contributed by atoms with Crippen molar-refractivity contribution in [2.45, 2.75) is 116 Å². The number of para-hydroxylation sites is 4. The molecular formula is C60H82F6NO10P. The molecule has 18 heteroatoms. The number of benzene rings is 4. The van der Waals surface area contributed by atoms with Gasteiger partial charge in [-0.15, -0.1) is 0 Å². The van der Waals surface area contributed by atoms with E-state index in [0.717, 1.165) is 52.0 Å². The van der Waals surface area contributed by atoms with Crippen LogP contribution in [-0.2, 0) is 54.7 Å². The van der Waals surface area contributed by atoms with Crippen LogP contribution in [0.5, 0.6) is 23.0 Å². The van der Waals surface area contributed by atoms with Crippen LogP contribution in [0, 0.1) is 23.7 Å². The van der Waals surface area contributed by atoms with Crippen molar-refractivity contribution >= 4 is 7.81 Å². The Morgan fingerprint density at radius 2 is 0.577 bits per heavy atom. The van der Waals surface area contributed by atoms with Gasteiger partial charge in [0, 0.05) is 37.2 Å². The van der Waals surface area contributed by atoms with Gasteiger partial charge in [0.2, 0.25) is 0 Å². The van der Waals surface area contributed by atoms with E-state index in [4.69, 9.17) is 47.4 Å². The van der Waals surface area contributed by atoms with E-state index in [1.54, 1.807) is 0 Å². The molecule has 0 saturated heterocycles. The third-order valence-corrected chi connectivity index (χ3v) is 11.6. The van der Waals surface area contributed by atoms with Crippen molar-refractivity contribution in [1.82, 2.24) is 0 Å². The van der Waals surface area contributed by atoms with E-state index >= 15 is 0 Å². The molecule has 4 aromatic rings. The summed E-state index contributed by atoms with van der Waals surface area (Å²) < 4.78 is 116. The van der Waals surface area contributed by atoms with Gasteiger partial charge in [0.05, 0.1) is 66.1 Å². The Kier molecular flexibility index (Phi) is 32.3. The number of nitrogens with two attached hydrogens (primary N) is 1. The summed E-state index contributed by atoms with van der Waals surface area (Å²) in [5, 5.41) is 2.37. The molecular weight excluding hydrogens is 1040 g/mol. The van der Waals surface area contributed by atoms with Crippen LogP contribution in [0.15, 0.2) is 97.1 Å². The van der Waals surface area contributed by atoms with Crippen LogP contribution in [0.4, 0.5) is 25.2 Å². The van der Waals surface area contributed by atoms with Gasteiger partial charge in [-0.1, -0.05) is 136 Å². The van der Waals surface area contributed by atoms with Crippen LogP contribution >= 0.6 is 7.81 Å². The van der Waals surface area contributed by atoms with E-state index < -0.39 is 7.81 Å². The number of fused-ring (bicyclic) bond motifs is 4. The first-order chi connectivity index (χ1) is 37.8. The molecule has 4 aliphatic heterocycles. The SMILES string of the molecule is C1#CCCCCCCCCOCc2ccc(cc2)C[NH2+]Cc2ccc(cc2)COCCCCCCCCC#C1.F[P-](F)(F)(F)(F)F.c1ccc2c(c1)OCCOCCOCCOc1ccccc1OCCOCCOCCO2. The molecule has 434 valence electrons. The maximum Gasteiger partial charge on any atom is 0.161 e. The molecule has 11 nitrogen and oxygen atoms in total. The molecule has 0 aliphatic carbocycles. The largest absolute Gasteiger partial charge is 0.487 e. The Bertz CT molecular complexity index is 2090. The van der Waals surface area contributed by atoms with Gasteiger partial charge in [-0.2, -0.15) is 0 Å². The van der Waals surface area contributed by atoms with Gasteiger partial charge in [-0.3, -0.25) is 0 Å². The fraction of sp³-hybridized carbons (Fsp3) is 0.533. The molecule has 0 amide bonds. The summed E-state index contributed by atoms with van der Waals surface area (Å²) in [5.74, 6) is 15.2. The van der Waals surface area contributed by atoms with Crippen molar-refractivity contribution in [1.29, 1.82) is 0 Å². The maximum atomic E-state index is 9.87. The Morgan fingerprint density at radius 3 is 0.897 bits per heavy atom. The Balaban J connectivity index is 0.000000304. The molecule has 2 N–H and O–H groups in total. The van der Waals surface area contributed by atoms with Crippen molar-refractivity contribution in [2.75, 3.05) is 92.5 Å². The smallest absolute Gasteiger partial charge is 0.161 e. The number of quaternary nitrogens is 1. The van der Waals surface area contributed by atoms with E-state index in [2.05, 4.69) is 77.5 Å². The molecule has 0 atom stereocenters. The Hall–Kier alpha value is -5.07. The van der Waals surface area contributed by atoms with Crippen molar-refractivity contribution in [2.24, 2.45) is 0 Å². The number of ether oxygens (including phenoxy) is 10. The number of halogens is 6. The quantitative estimate of drug-likeness (QED) is 0.104. The molecule has 4 heterocycles. The third kappa shape index (κ3) is 37.7. The summed E-state index contributed by atoms with van der Waals surface area (Å²) in [5.41, 5.74) is 5.23. The second-order valence-corrected chi connectivity index (χ2v) is 20.4. The summed E-state index contributed by atoms with van der Waals surface area (Å²) in [6, 6.07) is 32.9. The molecule has 0 saturated carbocycles. The second-order valence-electron chi connectivity index (χ2n) is 18.5. The van der Waals surface area contributed by atoms with E-state index in [1.165, 1.54) is 86.5 Å². The van der Waals surface area contributed by atoms with Crippen LogP contribution < -0.4 is 24.3 Å². The first-order valence-electron chi connectivity index (χ1n) is 27.4. The summed E-state index contributed by atoms with van der Waals surface area (Å²) >= 11 is 0. The molecule has 4 aromatic carbocycles. The number of rotatable bonds is 0. The van der Waals surface area contributed by atoms with Gasteiger partial charge in [-0.05, 0) is 72.9 Å². The predicted octanol–water partition coefficient (Wildman–Crippen LogP) is 13.8. The number of hydrogen-bond acceptors (Lipinski definition) is 10. The summed E-state index contributed by atoms with van der Waals surface area (Å²) in [6.07, 6.45) is 16.9. The monoisotopic (exact) mass is 1120 g/mol. The maximum absolute atomic E-state index is 10.7. The van der Waals surface area contributed by atoms with Gasteiger partial charge in [0.15, 0.2) is 23.0 Å². The molecule has 4 bridgehead atoms. The van der Waals surface area contributed by atoms with Crippen LogP contribution in [-0.4, -0.2) is 92.5 Å². The summed E-state index contributed by atoms with van der Waals surface area (Å²) in [6.45, 7) is 10.6. The third-order valence-electron chi connectivity index (χ3n) is 11.6. The summed E-state index contributed by atoms with van der Waals surface area (Å²) in [4.78, 5) is 0. The fourth-order valence-corrected chi connectivity index (χ4v) is 7.65. The van der Waals surface area contributed by atoms with Crippen LogP contribution in [0.2, 0.25) is 0 Å². The zero-order valence-corrected chi connectivity index (χ0v) is 46.1. The minimum Gasteiger partial charge on any atom is -0.487 e. The minimum absolute atomic E-state index is 0.425. The van der Waals surface area contributed by atoms with Crippen LogP contribution in [0.25, 0.3) is 0 Å². The second kappa shape index (κ2) is 38.5. The predicted molar refractivity (Wildman–Crippen MR) is 293 cm³/mol. The van der Waals surface area contributed by atoms with Gasteiger partial charge >= 0.3 is 33.0 Å². The van der Waals surface area contributed by atoms with E-state index in [9.17, 15) is 25.2 Å². The van der Waals surface area contributed by atoms with Crippen molar-refractivity contribution in [3.05, 3.63) is 119 Å². The average molecular weight is 1120 g/mol. The van der Waals surface area contributed by atoms with Gasteiger partial charge in [0.1, 0.15) is 39.5 Å². The van der Waals surface area contributed by atoms with Crippen molar-refractivity contribution in [3.8, 4) is 46.7 Å². The molecule has 0 unspecified atom stereocenters. The van der Waals surface area contributed by atoms with Crippen LogP contribution in [0.1, 0.15) is 112 Å². The zero-order valence-electron chi connectivity index (χ0n) is 45.2. The minimum atomic E-state index is -10.7. The normalized spacial score (nSPS) is 18.8. The average Bonchev–Trinajstić information content (AvgIpc) is 3.44. The fourth-order valence-electron chi connectivity index (χ4n) is 7.65. The standard InChI is InChI=1S/C36H49NO2.C24H32O8.F6P/c1-2-4-6-8-10-12-14-16-18-28-39-32-36-25-21-34(22-26-36)30-37-29-33-19-23-35(24-20-33)31-38-27-17-15-13-11-9-7-5-3-1;1-2-6-22-21(5-1)29-17-13-25-9-10-27-15-19-31-23-7-3-4-8-24(23)32-20-16-28-12-11-26-14-18-30-22;1-7(2,3,4,5)6/h19-26,37H,5-18,27-32H2;1-8H,9-20H2;/q;;-1/p+1. The molecule has 78 heavy (non-hydrogen) atoms. The van der Waals surface area contributed by atoms with Gasteiger partial charge in [0.25, 0.3) is 0 Å². The Labute approximate surface area is 458 Å². The summed E-state index contributed by atoms with van der Waals surface area (Å²) in [7, 11) is -10.7. The molecule has 8 rings (SSSR count). The zero-order chi connectivity index (χ0) is 55.6. The molecule has 0 spiro atoms. The molecule has 0 aromatic heterocycles. The van der Waals surface area contributed by atoms with Crippen LogP contribution in [0.3, 0.4) is 0 Å². The van der Waals surface area contributed by atoms with E-state index in [1.807, 2.05) is 48.5 Å². The molecule has 4 aliphatic rings. The number of hydrogen-bond donors (Lipinski definition) is 1. The van der Waals surface area contributed by atoms with Crippen molar-refractivity contribution in [3.63, 3.8) is 0 Å². The first-order valence-corrected chi connectivity index (χ1v) is 29.5. The van der Waals surface area contributed by atoms with E-state index in [0.29, 0.717) is 115 Å².